The minimum absolute atomic E-state index is 0.149. The van der Waals surface area contributed by atoms with Gasteiger partial charge in [-0.15, -0.1) is 11.3 Å². The molecule has 0 unspecified atom stereocenters. The van der Waals surface area contributed by atoms with Gasteiger partial charge in [-0.25, -0.2) is 9.78 Å². The first-order valence-electron chi connectivity index (χ1n) is 14.7. The fourth-order valence-electron chi connectivity index (χ4n) is 6.11. The van der Waals surface area contributed by atoms with Gasteiger partial charge in [0.05, 0.1) is 31.3 Å². The van der Waals surface area contributed by atoms with E-state index in [0.717, 1.165) is 85.3 Å². The molecule has 0 bridgehead atoms. The van der Waals surface area contributed by atoms with Crippen molar-refractivity contribution in [3.8, 4) is 11.5 Å². The first kappa shape index (κ1) is 27.7. The zero-order valence-electron chi connectivity index (χ0n) is 23.6. The van der Waals surface area contributed by atoms with Gasteiger partial charge < -0.3 is 23.5 Å². The van der Waals surface area contributed by atoms with Crippen molar-refractivity contribution >= 4 is 39.3 Å². The lowest BCUT2D eigenvalue weighted by Crippen LogP contribution is -2.35. The highest BCUT2D eigenvalue weighted by Crippen LogP contribution is 2.44. The summed E-state index contributed by atoms with van der Waals surface area (Å²) in [5.74, 6) is 2.85. The van der Waals surface area contributed by atoms with E-state index in [1.807, 2.05) is 43.3 Å². The summed E-state index contributed by atoms with van der Waals surface area (Å²) in [6.45, 7) is 6.94. The number of fused-ring (bicyclic) bond motifs is 2. The number of nitrogens with zero attached hydrogens (tertiary/aromatic N) is 3. The number of carbonyl (C=O) groups excluding carboxylic acids is 1. The summed E-state index contributed by atoms with van der Waals surface area (Å²) in [5, 5.41) is 0.712. The topological polar surface area (TPSA) is 75.0 Å². The van der Waals surface area contributed by atoms with Crippen molar-refractivity contribution in [2.45, 2.75) is 57.4 Å². The van der Waals surface area contributed by atoms with Crippen LogP contribution in [0.2, 0.25) is 5.02 Å². The molecule has 42 heavy (non-hydrogen) atoms. The minimum atomic E-state index is -0.284. The van der Waals surface area contributed by atoms with Gasteiger partial charge in [0.2, 0.25) is 0 Å². The van der Waals surface area contributed by atoms with Crippen LogP contribution in [0.3, 0.4) is 0 Å². The van der Waals surface area contributed by atoms with Crippen LogP contribution in [0.4, 0.5) is 0 Å². The van der Waals surface area contributed by atoms with Crippen LogP contribution in [0, 0.1) is 0 Å². The Morgan fingerprint density at radius 3 is 2.69 bits per heavy atom. The number of likely N-dealkylation sites (tertiary alicyclic amines) is 1. The number of imidazole rings is 1. The van der Waals surface area contributed by atoms with E-state index in [4.69, 9.17) is 35.5 Å². The van der Waals surface area contributed by atoms with Gasteiger partial charge in [0.1, 0.15) is 22.1 Å². The first-order valence-corrected chi connectivity index (χ1v) is 15.9. The average Bonchev–Trinajstić information content (AvgIpc) is 3.53. The summed E-state index contributed by atoms with van der Waals surface area (Å²) in [6, 6.07) is 16.0. The molecule has 0 N–H and O–H groups in total. The molecule has 220 valence electrons. The molecule has 0 amide bonds. The molecule has 2 atom stereocenters. The summed E-state index contributed by atoms with van der Waals surface area (Å²) in [7, 11) is 0. The number of halogens is 1. The normalized spacial score (nSPS) is 20.9. The van der Waals surface area contributed by atoms with Crippen LogP contribution in [0.5, 0.6) is 11.5 Å². The molecule has 0 aliphatic carbocycles. The Morgan fingerprint density at radius 2 is 1.95 bits per heavy atom. The lowest BCUT2D eigenvalue weighted by molar-refractivity contribution is -0.0592. The van der Waals surface area contributed by atoms with Crippen LogP contribution < -0.4 is 9.47 Å². The predicted molar refractivity (Wildman–Crippen MR) is 162 cm³/mol. The Labute approximate surface area is 254 Å². The Balaban J connectivity index is 1.03. The molecule has 0 spiro atoms. The Morgan fingerprint density at radius 1 is 1.14 bits per heavy atom. The standard InChI is InChI=1S/C32H34ClN3O5S/c1-2-38-32(37)28-16-25-31(42-28)34-29(36(25)17-23-12-15-39-23)18-35-13-10-20(11-14-35)24-4-3-5-26-30(24)40-19-27(41-26)21-6-8-22(33)9-7-21/h3-9,16,20,23,27H,2,10-15,17-19H2,1H3/t23-,27+/m0/s1. The molecule has 3 aliphatic heterocycles. The SMILES string of the molecule is CCOC(=O)c1cc2c(nc(CN3CCC(c4cccc5c4OC[C@H](c4ccc(Cl)cc4)O5)CC3)n2C[C@@H]2CCO2)s1. The second-order valence-electron chi connectivity index (χ2n) is 11.1. The van der Waals surface area contributed by atoms with Gasteiger partial charge in [0.25, 0.3) is 0 Å². The van der Waals surface area contributed by atoms with Gasteiger partial charge in [-0.2, -0.15) is 0 Å². The molecular weight excluding hydrogens is 574 g/mol. The van der Waals surface area contributed by atoms with E-state index >= 15 is 0 Å². The maximum atomic E-state index is 12.3. The third-order valence-corrected chi connectivity index (χ3v) is 9.72. The van der Waals surface area contributed by atoms with Crippen LogP contribution in [-0.2, 0) is 22.6 Å². The van der Waals surface area contributed by atoms with Gasteiger partial charge in [-0.1, -0.05) is 35.9 Å². The lowest BCUT2D eigenvalue weighted by Gasteiger charge is -2.35. The molecule has 8 nitrogen and oxygen atoms in total. The monoisotopic (exact) mass is 607 g/mol. The summed E-state index contributed by atoms with van der Waals surface area (Å²) in [4.78, 5) is 21.3. The lowest BCUT2D eigenvalue weighted by atomic mass is 9.88. The summed E-state index contributed by atoms with van der Waals surface area (Å²) >= 11 is 7.48. The third-order valence-electron chi connectivity index (χ3n) is 8.47. The molecule has 7 rings (SSSR count). The number of aromatic nitrogens is 2. The zero-order valence-corrected chi connectivity index (χ0v) is 25.2. The van der Waals surface area contributed by atoms with Gasteiger partial charge >= 0.3 is 5.97 Å². The summed E-state index contributed by atoms with van der Waals surface area (Å²) in [5.41, 5.74) is 3.29. The molecule has 5 heterocycles. The van der Waals surface area contributed by atoms with E-state index in [2.05, 4.69) is 21.6 Å². The number of rotatable bonds is 8. The average molecular weight is 608 g/mol. The van der Waals surface area contributed by atoms with E-state index in [-0.39, 0.29) is 18.2 Å². The summed E-state index contributed by atoms with van der Waals surface area (Å²) < 4.78 is 25.9. The highest BCUT2D eigenvalue weighted by atomic mass is 35.5. The van der Waals surface area contributed by atoms with Crippen molar-refractivity contribution < 1.29 is 23.7 Å². The Kier molecular flexibility index (Phi) is 7.84. The number of benzene rings is 2. The number of esters is 1. The largest absolute Gasteiger partial charge is 0.485 e. The molecule has 10 heteroatoms. The molecule has 0 radical (unpaired) electrons. The van der Waals surface area contributed by atoms with E-state index in [9.17, 15) is 4.79 Å². The number of hydrogen-bond donors (Lipinski definition) is 0. The van der Waals surface area contributed by atoms with E-state index in [0.29, 0.717) is 29.0 Å². The van der Waals surface area contributed by atoms with Gasteiger partial charge in [0, 0.05) is 17.2 Å². The minimum Gasteiger partial charge on any atom is -0.485 e. The van der Waals surface area contributed by atoms with Crippen molar-refractivity contribution in [2.75, 3.05) is 32.9 Å². The number of carbonyl (C=O) groups is 1. The number of hydrogen-bond acceptors (Lipinski definition) is 8. The zero-order chi connectivity index (χ0) is 28.6. The molecule has 3 aliphatic rings. The van der Waals surface area contributed by atoms with Gasteiger partial charge in [-0.05, 0) is 75.0 Å². The molecule has 2 fully saturated rings. The van der Waals surface area contributed by atoms with Crippen molar-refractivity contribution in [3.63, 3.8) is 0 Å². The van der Waals surface area contributed by atoms with E-state index in [1.54, 1.807) is 0 Å². The highest BCUT2D eigenvalue weighted by molar-refractivity contribution is 7.20. The van der Waals surface area contributed by atoms with E-state index < -0.39 is 0 Å². The van der Waals surface area contributed by atoms with Crippen LogP contribution >= 0.6 is 22.9 Å². The van der Waals surface area contributed by atoms with Crippen LogP contribution in [0.1, 0.15) is 64.8 Å². The summed E-state index contributed by atoms with van der Waals surface area (Å²) in [6.07, 6.45) is 3.17. The van der Waals surface area contributed by atoms with Crippen molar-refractivity contribution in [1.29, 1.82) is 0 Å². The second-order valence-corrected chi connectivity index (χ2v) is 12.6. The Bertz CT molecular complexity index is 1570. The van der Waals surface area contributed by atoms with Crippen molar-refractivity contribution in [3.05, 3.63) is 75.4 Å². The van der Waals surface area contributed by atoms with Crippen molar-refractivity contribution in [1.82, 2.24) is 14.5 Å². The number of thiophene rings is 1. The molecule has 2 saturated heterocycles. The molecule has 2 aromatic carbocycles. The number of para-hydroxylation sites is 1. The maximum absolute atomic E-state index is 12.3. The first-order chi connectivity index (χ1) is 20.6. The fraction of sp³-hybridized carbons (Fsp3) is 0.438. The van der Waals surface area contributed by atoms with Gasteiger partial charge in [0.15, 0.2) is 17.6 Å². The van der Waals surface area contributed by atoms with Crippen LogP contribution in [0.15, 0.2) is 48.5 Å². The van der Waals surface area contributed by atoms with Gasteiger partial charge in [-0.3, -0.25) is 4.90 Å². The van der Waals surface area contributed by atoms with Crippen molar-refractivity contribution in [2.24, 2.45) is 0 Å². The molecule has 0 saturated carbocycles. The van der Waals surface area contributed by atoms with Crippen LogP contribution in [0.25, 0.3) is 10.3 Å². The van der Waals surface area contributed by atoms with Crippen LogP contribution in [-0.4, -0.2) is 59.4 Å². The predicted octanol–water partition coefficient (Wildman–Crippen LogP) is 6.61. The molecule has 4 aromatic rings. The third kappa shape index (κ3) is 5.51. The fourth-order valence-corrected chi connectivity index (χ4v) is 7.18. The Hall–Kier alpha value is -3.11. The molecule has 2 aromatic heterocycles. The number of ether oxygens (including phenoxy) is 4. The quantitative estimate of drug-likeness (QED) is 0.209. The molecular formula is C32H34ClN3O5S. The van der Waals surface area contributed by atoms with E-state index in [1.165, 1.54) is 16.9 Å². The maximum Gasteiger partial charge on any atom is 0.348 e. The second kappa shape index (κ2) is 11.9. The smallest absolute Gasteiger partial charge is 0.348 e. The highest BCUT2D eigenvalue weighted by Gasteiger charge is 2.31. The number of piperidine rings is 1.